The normalized spacial score (nSPS) is 12.2. The molecule has 186 valence electrons. The third-order valence-electron chi connectivity index (χ3n) is 5.74. The van der Waals surface area contributed by atoms with Crippen LogP contribution in [0.15, 0.2) is 77.7 Å². The van der Waals surface area contributed by atoms with Gasteiger partial charge in [0.15, 0.2) is 0 Å². The molecule has 0 saturated carbocycles. The van der Waals surface area contributed by atoms with E-state index in [0.717, 1.165) is 17.7 Å². The van der Waals surface area contributed by atoms with Gasteiger partial charge in [-0.15, -0.1) is 0 Å². The topological polar surface area (TPSA) is 84.9 Å². The quantitative estimate of drug-likeness (QED) is 0.425. The first-order chi connectivity index (χ1) is 16.6. The van der Waals surface area contributed by atoms with Gasteiger partial charge in [0.25, 0.3) is 15.9 Å². The Bertz CT molecular complexity index is 1220. The van der Waals surface area contributed by atoms with Crippen LogP contribution >= 0.6 is 0 Å². The molecule has 0 unspecified atom stereocenters. The van der Waals surface area contributed by atoms with Gasteiger partial charge in [0.05, 0.1) is 30.8 Å². The second-order valence-corrected chi connectivity index (χ2v) is 10.6. The van der Waals surface area contributed by atoms with Gasteiger partial charge in [0, 0.05) is 12.6 Å². The Morgan fingerprint density at radius 3 is 1.86 bits per heavy atom. The van der Waals surface area contributed by atoms with E-state index in [0.29, 0.717) is 22.9 Å². The highest BCUT2D eigenvalue weighted by molar-refractivity contribution is 7.92. The zero-order chi connectivity index (χ0) is 25.6. The summed E-state index contributed by atoms with van der Waals surface area (Å²) in [6.45, 7) is 4.22. The molecule has 3 aromatic carbocycles. The highest BCUT2D eigenvalue weighted by atomic mass is 32.2. The molecule has 0 bridgehead atoms. The molecule has 0 fully saturated rings. The average Bonchev–Trinajstić information content (AvgIpc) is 2.87. The summed E-state index contributed by atoms with van der Waals surface area (Å²) in [6, 6.07) is 20.2. The first-order valence-corrected chi connectivity index (χ1v) is 12.8. The number of methoxy groups -OCH3 is 2. The van der Waals surface area contributed by atoms with E-state index in [1.807, 2.05) is 24.3 Å². The molecule has 0 aliphatic carbocycles. The standard InChI is InChI=1S/C27H32N2O5S/c1-19(2)18-26(20-8-12-23(33-4)13-9-20)28-27(30)21-6-10-22(11-7-21)29(3)35(31,32)25-16-14-24(34-5)15-17-25/h6-17,19,26H,18H2,1-5H3,(H,28,30)/t26-/m1/s1. The smallest absolute Gasteiger partial charge is 0.264 e. The molecule has 1 atom stereocenters. The van der Waals surface area contributed by atoms with Crippen LogP contribution in [0.3, 0.4) is 0 Å². The van der Waals surface area contributed by atoms with Crippen LogP contribution in [0.5, 0.6) is 11.5 Å². The minimum Gasteiger partial charge on any atom is -0.497 e. The SMILES string of the molecule is COc1ccc([C@@H](CC(C)C)NC(=O)c2ccc(N(C)S(=O)(=O)c3ccc(OC)cc3)cc2)cc1. The van der Waals surface area contributed by atoms with Crippen molar-refractivity contribution in [3.05, 3.63) is 83.9 Å². The summed E-state index contributed by atoms with van der Waals surface area (Å²) < 4.78 is 37.5. The average molecular weight is 497 g/mol. The molecule has 0 radical (unpaired) electrons. The van der Waals surface area contributed by atoms with E-state index in [2.05, 4.69) is 19.2 Å². The first kappa shape index (κ1) is 26.1. The van der Waals surface area contributed by atoms with Crippen LogP contribution in [0.1, 0.15) is 42.2 Å². The Labute approximate surface area is 207 Å². The second kappa shape index (κ2) is 11.3. The van der Waals surface area contributed by atoms with E-state index in [1.165, 1.54) is 30.6 Å². The summed E-state index contributed by atoms with van der Waals surface area (Å²) >= 11 is 0. The van der Waals surface area contributed by atoms with E-state index in [-0.39, 0.29) is 16.8 Å². The van der Waals surface area contributed by atoms with Crippen molar-refractivity contribution in [3.63, 3.8) is 0 Å². The lowest BCUT2D eigenvalue weighted by atomic mass is 9.96. The zero-order valence-corrected chi connectivity index (χ0v) is 21.5. The summed E-state index contributed by atoms with van der Waals surface area (Å²) in [7, 11) is 0.866. The van der Waals surface area contributed by atoms with E-state index >= 15 is 0 Å². The molecule has 1 amide bonds. The molecule has 0 spiro atoms. The summed E-state index contributed by atoms with van der Waals surface area (Å²) in [5.74, 6) is 1.49. The fourth-order valence-corrected chi connectivity index (χ4v) is 4.89. The number of benzene rings is 3. The van der Waals surface area contributed by atoms with Gasteiger partial charge >= 0.3 is 0 Å². The lowest BCUT2D eigenvalue weighted by molar-refractivity contribution is 0.0932. The number of hydrogen-bond donors (Lipinski definition) is 1. The van der Waals surface area contributed by atoms with Crippen LogP contribution in [0.4, 0.5) is 5.69 Å². The van der Waals surface area contributed by atoms with Crippen LogP contribution < -0.4 is 19.1 Å². The Morgan fingerprint density at radius 2 is 1.37 bits per heavy atom. The number of nitrogens with zero attached hydrogens (tertiary/aromatic N) is 1. The van der Waals surface area contributed by atoms with Crippen LogP contribution in [-0.2, 0) is 10.0 Å². The van der Waals surface area contributed by atoms with Gasteiger partial charge in [-0.05, 0) is 78.6 Å². The van der Waals surface area contributed by atoms with Crippen molar-refractivity contribution in [2.24, 2.45) is 5.92 Å². The number of hydrogen-bond acceptors (Lipinski definition) is 5. The number of rotatable bonds is 10. The summed E-state index contributed by atoms with van der Waals surface area (Å²) in [4.78, 5) is 13.2. The molecule has 3 aromatic rings. The Hall–Kier alpha value is -3.52. The number of carbonyl (C=O) groups is 1. The van der Waals surface area contributed by atoms with Gasteiger partial charge in [0.1, 0.15) is 11.5 Å². The number of ether oxygens (including phenoxy) is 2. The Morgan fingerprint density at radius 1 is 0.857 bits per heavy atom. The van der Waals surface area contributed by atoms with E-state index < -0.39 is 10.0 Å². The number of carbonyl (C=O) groups excluding carboxylic acids is 1. The minimum atomic E-state index is -3.76. The molecule has 35 heavy (non-hydrogen) atoms. The fourth-order valence-electron chi connectivity index (χ4n) is 3.69. The van der Waals surface area contributed by atoms with Crippen LogP contribution in [-0.4, -0.2) is 35.6 Å². The van der Waals surface area contributed by atoms with Crippen molar-refractivity contribution in [2.75, 3.05) is 25.6 Å². The zero-order valence-electron chi connectivity index (χ0n) is 20.7. The maximum absolute atomic E-state index is 13.0. The summed E-state index contributed by atoms with van der Waals surface area (Å²) in [6.07, 6.45) is 0.777. The maximum Gasteiger partial charge on any atom is 0.264 e. The predicted molar refractivity (Wildman–Crippen MR) is 138 cm³/mol. The second-order valence-electron chi connectivity index (χ2n) is 8.62. The van der Waals surface area contributed by atoms with Crippen molar-refractivity contribution in [1.82, 2.24) is 5.32 Å². The number of nitrogens with one attached hydrogen (secondary N) is 1. The van der Waals surface area contributed by atoms with Crippen molar-refractivity contribution in [3.8, 4) is 11.5 Å². The van der Waals surface area contributed by atoms with Crippen molar-refractivity contribution in [2.45, 2.75) is 31.2 Å². The molecule has 8 heteroatoms. The molecule has 7 nitrogen and oxygen atoms in total. The third-order valence-corrected chi connectivity index (χ3v) is 7.54. The number of anilines is 1. The summed E-state index contributed by atoms with van der Waals surface area (Å²) in [5.41, 5.74) is 1.90. The molecule has 0 saturated heterocycles. The summed E-state index contributed by atoms with van der Waals surface area (Å²) in [5, 5.41) is 3.11. The predicted octanol–water partition coefficient (Wildman–Crippen LogP) is 5.05. The largest absolute Gasteiger partial charge is 0.497 e. The Balaban J connectivity index is 1.76. The van der Waals surface area contributed by atoms with Gasteiger partial charge in [0.2, 0.25) is 0 Å². The van der Waals surface area contributed by atoms with Crippen LogP contribution in [0, 0.1) is 5.92 Å². The van der Waals surface area contributed by atoms with Gasteiger partial charge in [-0.25, -0.2) is 8.42 Å². The molecule has 0 aromatic heterocycles. The molecule has 3 rings (SSSR count). The monoisotopic (exact) mass is 496 g/mol. The molecule has 1 N–H and O–H groups in total. The van der Waals surface area contributed by atoms with E-state index in [9.17, 15) is 13.2 Å². The first-order valence-electron chi connectivity index (χ1n) is 11.3. The lowest BCUT2D eigenvalue weighted by Gasteiger charge is -2.22. The highest BCUT2D eigenvalue weighted by Crippen LogP contribution is 2.26. The van der Waals surface area contributed by atoms with Gasteiger partial charge in [-0.2, -0.15) is 0 Å². The van der Waals surface area contributed by atoms with Gasteiger partial charge < -0.3 is 14.8 Å². The van der Waals surface area contributed by atoms with Crippen molar-refractivity contribution >= 4 is 21.6 Å². The van der Waals surface area contributed by atoms with Crippen molar-refractivity contribution in [1.29, 1.82) is 0 Å². The van der Waals surface area contributed by atoms with Crippen molar-refractivity contribution < 1.29 is 22.7 Å². The Kier molecular flexibility index (Phi) is 8.40. The number of sulfonamides is 1. The van der Waals surface area contributed by atoms with Crippen LogP contribution in [0.2, 0.25) is 0 Å². The fraction of sp³-hybridized carbons (Fsp3) is 0.296. The molecular weight excluding hydrogens is 464 g/mol. The van der Waals surface area contributed by atoms with Crippen LogP contribution in [0.25, 0.3) is 0 Å². The highest BCUT2D eigenvalue weighted by Gasteiger charge is 2.22. The molecule has 0 heterocycles. The van der Waals surface area contributed by atoms with Gasteiger partial charge in [-0.3, -0.25) is 9.10 Å². The maximum atomic E-state index is 13.0. The lowest BCUT2D eigenvalue weighted by Crippen LogP contribution is -2.30. The van der Waals surface area contributed by atoms with E-state index in [1.54, 1.807) is 43.5 Å². The minimum absolute atomic E-state index is 0.152. The number of amides is 1. The van der Waals surface area contributed by atoms with E-state index in [4.69, 9.17) is 9.47 Å². The van der Waals surface area contributed by atoms with Gasteiger partial charge in [-0.1, -0.05) is 26.0 Å². The molecule has 0 aliphatic rings. The molecular formula is C27H32N2O5S. The third kappa shape index (κ3) is 6.33. The molecule has 0 aliphatic heterocycles.